The molecule has 0 aliphatic carbocycles. The fraction of sp³-hybridized carbons (Fsp3) is 0.600. The van der Waals surface area contributed by atoms with Crippen molar-refractivity contribution < 1.29 is 31.3 Å². The Balaban J connectivity index is 0. The van der Waals surface area contributed by atoms with Crippen molar-refractivity contribution in [3.63, 3.8) is 0 Å². The van der Waals surface area contributed by atoms with E-state index in [1.165, 1.54) is 7.11 Å². The van der Waals surface area contributed by atoms with Crippen LogP contribution >= 0.6 is 0 Å². The standard InChI is InChI=1S/C5H7BO3Si.Cu/c1-8-5(7)9-2-4(6)3-10;/h3-4H,2H2,1H3;/q-1;+1/t4-;/m0./s1. The predicted octanol–water partition coefficient (Wildman–Crippen LogP) is 0.0542. The van der Waals surface area contributed by atoms with Crippen LogP contribution in [0.2, 0.25) is 5.82 Å². The van der Waals surface area contributed by atoms with Gasteiger partial charge in [0.2, 0.25) is 0 Å². The minimum absolute atomic E-state index is 0. The maximum atomic E-state index is 10.3. The largest absolute Gasteiger partial charge is 1.00 e. The molecule has 0 saturated heterocycles. The molecule has 0 rings (SSSR count). The first-order valence-electron chi connectivity index (χ1n) is 2.67. The Morgan fingerprint density at radius 1 is 1.82 bits per heavy atom. The number of methoxy groups -OCH3 is 1. The fourth-order valence-electron chi connectivity index (χ4n) is 0.271. The van der Waals surface area contributed by atoms with Crippen LogP contribution in [0.5, 0.6) is 0 Å². The van der Waals surface area contributed by atoms with Crippen molar-refractivity contribution in [2.45, 2.75) is 5.82 Å². The van der Waals surface area contributed by atoms with Crippen LogP contribution in [-0.4, -0.2) is 38.0 Å². The third-order valence-corrected chi connectivity index (χ3v) is 1.20. The Labute approximate surface area is 81.5 Å². The van der Waals surface area contributed by atoms with E-state index in [1.54, 1.807) is 6.04 Å². The van der Waals surface area contributed by atoms with Crippen LogP contribution in [0.4, 0.5) is 4.79 Å². The van der Waals surface area contributed by atoms with E-state index in [0.29, 0.717) is 0 Å². The summed E-state index contributed by atoms with van der Waals surface area (Å²) in [6.45, 7) is 0.121. The zero-order valence-electron chi connectivity index (χ0n) is 5.97. The van der Waals surface area contributed by atoms with Gasteiger partial charge < -0.3 is 15.5 Å². The average Bonchev–Trinajstić information content (AvgIpc) is 1.99. The smallest absolute Gasteiger partial charge is 0.438 e. The van der Waals surface area contributed by atoms with E-state index in [4.69, 9.17) is 7.85 Å². The second kappa shape index (κ2) is 8.17. The number of carbonyl (C=O) groups excluding carboxylic acids is 1. The van der Waals surface area contributed by atoms with Crippen molar-refractivity contribution in [1.82, 2.24) is 0 Å². The molecule has 0 aromatic rings. The molecule has 1 atom stereocenters. The molecular weight excluding hydrogens is 210 g/mol. The molecule has 6 heteroatoms. The SMILES string of the molecule is [B][C@H]([CH-][Si])COC(=O)OC.[Cu+]. The van der Waals surface area contributed by atoms with E-state index >= 15 is 0 Å². The number of ether oxygens (including phenoxy) is 2. The van der Waals surface area contributed by atoms with E-state index in [0.717, 1.165) is 0 Å². The van der Waals surface area contributed by atoms with Gasteiger partial charge in [-0.25, -0.2) is 15.0 Å². The average molecular weight is 218 g/mol. The van der Waals surface area contributed by atoms with E-state index in [1.807, 2.05) is 0 Å². The molecular formula is C5H7BCuO3Si. The van der Waals surface area contributed by atoms with Crippen LogP contribution in [-0.2, 0) is 26.5 Å². The molecule has 0 unspecified atom stereocenters. The molecule has 0 aromatic carbocycles. The molecule has 0 saturated carbocycles. The van der Waals surface area contributed by atoms with Crippen molar-refractivity contribution in [1.29, 1.82) is 0 Å². The summed E-state index contributed by atoms with van der Waals surface area (Å²) in [5.74, 6) is -0.296. The van der Waals surface area contributed by atoms with Gasteiger partial charge in [0.1, 0.15) is 0 Å². The van der Waals surface area contributed by atoms with Crippen LogP contribution in [0.25, 0.3) is 0 Å². The monoisotopic (exact) mass is 217 g/mol. The molecule has 0 amide bonds. The summed E-state index contributed by atoms with van der Waals surface area (Å²) in [6.07, 6.45) is -0.719. The summed E-state index contributed by atoms with van der Waals surface area (Å²) in [7, 11) is 9.63. The molecule has 0 heterocycles. The Hall–Kier alpha value is 0.0713. The fourth-order valence-corrected chi connectivity index (χ4v) is 0.368. The van der Waals surface area contributed by atoms with E-state index < -0.39 is 6.16 Å². The molecule has 0 aliphatic heterocycles. The van der Waals surface area contributed by atoms with Gasteiger partial charge in [0.25, 0.3) is 0 Å². The van der Waals surface area contributed by atoms with Crippen LogP contribution in [0.3, 0.4) is 0 Å². The molecule has 0 fully saturated rings. The number of rotatable bonds is 3. The summed E-state index contributed by atoms with van der Waals surface area (Å²) >= 11 is 0. The van der Waals surface area contributed by atoms with Gasteiger partial charge in [-0.3, -0.25) is 0 Å². The molecule has 0 aliphatic rings. The van der Waals surface area contributed by atoms with E-state index in [2.05, 4.69) is 19.7 Å². The number of hydrogen-bond acceptors (Lipinski definition) is 3. The first kappa shape index (κ1) is 13.6. The number of hydrogen-bond donors (Lipinski definition) is 0. The predicted molar refractivity (Wildman–Crippen MR) is 37.9 cm³/mol. The molecule has 0 spiro atoms. The van der Waals surface area contributed by atoms with Crippen molar-refractivity contribution in [2.24, 2.45) is 0 Å². The topological polar surface area (TPSA) is 35.5 Å². The van der Waals surface area contributed by atoms with Gasteiger partial charge in [0.15, 0.2) is 0 Å². The molecule has 3 nitrogen and oxygen atoms in total. The van der Waals surface area contributed by atoms with Crippen molar-refractivity contribution in [3.8, 4) is 0 Å². The first-order chi connectivity index (χ1) is 4.70. The van der Waals surface area contributed by atoms with Gasteiger partial charge in [-0.2, -0.15) is 5.82 Å². The Morgan fingerprint density at radius 2 is 2.36 bits per heavy atom. The third kappa shape index (κ3) is 7.97. The number of carbonyl (C=O) groups is 1. The van der Waals surface area contributed by atoms with Gasteiger partial charge in [0.05, 0.1) is 13.7 Å². The molecule has 11 heavy (non-hydrogen) atoms. The van der Waals surface area contributed by atoms with Gasteiger partial charge >= 0.3 is 23.2 Å². The Bertz CT molecular complexity index is 114. The summed E-state index contributed by atoms with van der Waals surface area (Å²) in [5.41, 5.74) is 0. The first-order valence-corrected chi connectivity index (χ1v) is 3.25. The minimum atomic E-state index is -0.719. The van der Waals surface area contributed by atoms with E-state index in [9.17, 15) is 4.79 Å². The third-order valence-electron chi connectivity index (χ3n) is 0.774. The van der Waals surface area contributed by atoms with Crippen LogP contribution < -0.4 is 0 Å². The Morgan fingerprint density at radius 3 is 2.73 bits per heavy atom. The van der Waals surface area contributed by atoms with Crippen LogP contribution in [0.1, 0.15) is 0 Å². The zero-order chi connectivity index (χ0) is 7.98. The van der Waals surface area contributed by atoms with Gasteiger partial charge in [-0.05, 0) is 0 Å². The molecule has 5 radical (unpaired) electrons. The van der Waals surface area contributed by atoms with Crippen LogP contribution in [0.15, 0.2) is 0 Å². The van der Waals surface area contributed by atoms with E-state index in [-0.39, 0.29) is 29.5 Å². The maximum absolute atomic E-state index is 10.3. The van der Waals surface area contributed by atoms with Crippen molar-refractivity contribution >= 4 is 24.2 Å². The Kier molecular flexibility index (Phi) is 10.1. The van der Waals surface area contributed by atoms with Gasteiger partial charge in [-0.15, -0.1) is 0 Å². The minimum Gasteiger partial charge on any atom is -0.438 e. The quantitative estimate of drug-likeness (QED) is 0.381. The normalized spacial score (nSPS) is 11.1. The van der Waals surface area contributed by atoms with Crippen molar-refractivity contribution in [2.75, 3.05) is 13.7 Å². The molecule has 0 N–H and O–H groups in total. The summed E-state index contributed by atoms with van der Waals surface area (Å²) < 4.78 is 8.69. The van der Waals surface area contributed by atoms with Crippen LogP contribution in [0, 0.1) is 6.04 Å². The maximum Gasteiger partial charge on any atom is 1.00 e. The molecule has 0 aromatic heterocycles. The van der Waals surface area contributed by atoms with Gasteiger partial charge in [-0.1, -0.05) is 0 Å². The second-order valence-corrected chi connectivity index (χ2v) is 1.93. The van der Waals surface area contributed by atoms with Gasteiger partial charge in [0, 0.05) is 7.85 Å². The molecule has 63 valence electrons. The summed E-state index contributed by atoms with van der Waals surface area (Å²) in [5, 5.41) is 0. The summed E-state index contributed by atoms with van der Waals surface area (Å²) in [6, 6.07) is 1.54. The second-order valence-electron chi connectivity index (χ2n) is 1.60. The molecule has 0 bridgehead atoms. The zero-order valence-corrected chi connectivity index (χ0v) is 7.91. The summed E-state index contributed by atoms with van der Waals surface area (Å²) in [4.78, 5) is 10.3. The van der Waals surface area contributed by atoms with Crippen molar-refractivity contribution in [3.05, 3.63) is 6.04 Å².